The van der Waals surface area contributed by atoms with Crippen LogP contribution in [-0.2, 0) is 25.6 Å². The fourth-order valence-corrected chi connectivity index (χ4v) is 2.88. The minimum absolute atomic E-state index is 0.00146. The van der Waals surface area contributed by atoms with Gasteiger partial charge in [0, 0.05) is 6.42 Å². The van der Waals surface area contributed by atoms with E-state index < -0.39 is 5.79 Å². The Morgan fingerprint density at radius 2 is 1.95 bits per heavy atom. The van der Waals surface area contributed by atoms with Gasteiger partial charge in [-0.25, -0.2) is 0 Å². The monoisotopic (exact) mass is 278 g/mol. The molecule has 1 aromatic carbocycles. The minimum Gasteiger partial charge on any atom is -0.348 e. The number of hydrogen-bond donors (Lipinski definition) is 0. The lowest BCUT2D eigenvalue weighted by Gasteiger charge is -2.34. The molecule has 0 bridgehead atoms. The molecule has 110 valence electrons. The second kappa shape index (κ2) is 5.45. The van der Waals surface area contributed by atoms with Crippen LogP contribution in [0, 0.1) is 0 Å². The number of ether oxygens (including phenoxy) is 4. The molecular formula is C16H22O4. The maximum absolute atomic E-state index is 5.92. The summed E-state index contributed by atoms with van der Waals surface area (Å²) in [6.07, 6.45) is 0.516. The predicted molar refractivity (Wildman–Crippen MR) is 74.0 cm³/mol. The Labute approximate surface area is 120 Å². The number of benzene rings is 1. The topological polar surface area (TPSA) is 36.9 Å². The Hall–Kier alpha value is -0.940. The van der Waals surface area contributed by atoms with E-state index in [-0.39, 0.29) is 24.6 Å². The molecule has 2 heterocycles. The molecule has 0 unspecified atom stereocenters. The van der Waals surface area contributed by atoms with Crippen LogP contribution in [0.5, 0.6) is 0 Å². The van der Waals surface area contributed by atoms with Gasteiger partial charge in [-0.1, -0.05) is 30.3 Å². The third-order valence-corrected chi connectivity index (χ3v) is 3.75. The van der Waals surface area contributed by atoms with E-state index in [9.17, 15) is 0 Å². The highest BCUT2D eigenvalue weighted by molar-refractivity contribution is 5.13. The molecule has 0 N–H and O–H groups in total. The average Bonchev–Trinajstić information content (AvgIpc) is 2.73. The van der Waals surface area contributed by atoms with E-state index in [2.05, 4.69) is 0 Å². The highest BCUT2D eigenvalue weighted by Gasteiger charge is 2.48. The van der Waals surface area contributed by atoms with Gasteiger partial charge in [0.15, 0.2) is 12.1 Å². The molecule has 0 amide bonds. The largest absolute Gasteiger partial charge is 0.348 e. The maximum atomic E-state index is 5.92. The highest BCUT2D eigenvalue weighted by atomic mass is 16.8. The van der Waals surface area contributed by atoms with E-state index in [1.807, 2.05) is 51.1 Å². The number of rotatable bonds is 3. The molecule has 0 aromatic heterocycles. The summed E-state index contributed by atoms with van der Waals surface area (Å²) in [5, 5.41) is 0. The molecule has 1 aromatic rings. The van der Waals surface area contributed by atoms with Crippen LogP contribution in [0.2, 0.25) is 0 Å². The van der Waals surface area contributed by atoms with Crippen LogP contribution in [-0.4, -0.2) is 30.4 Å². The molecule has 0 spiro atoms. The van der Waals surface area contributed by atoms with Crippen molar-refractivity contribution in [1.29, 1.82) is 0 Å². The van der Waals surface area contributed by atoms with E-state index in [0.29, 0.717) is 13.0 Å². The van der Waals surface area contributed by atoms with Crippen molar-refractivity contribution in [1.82, 2.24) is 0 Å². The highest BCUT2D eigenvalue weighted by Crippen LogP contribution is 2.37. The Bertz CT molecular complexity index is 445. The van der Waals surface area contributed by atoms with Gasteiger partial charge in [0.2, 0.25) is 0 Å². The molecule has 2 aliphatic heterocycles. The molecule has 20 heavy (non-hydrogen) atoms. The normalized spacial score (nSPS) is 35.8. The van der Waals surface area contributed by atoms with Crippen molar-refractivity contribution in [2.75, 3.05) is 0 Å². The fraction of sp³-hybridized carbons (Fsp3) is 0.625. The second-order valence-corrected chi connectivity index (χ2v) is 5.94. The predicted octanol–water partition coefficient (Wildman–Crippen LogP) is 2.86. The molecule has 0 saturated carbocycles. The van der Waals surface area contributed by atoms with E-state index >= 15 is 0 Å². The third kappa shape index (κ3) is 3.04. The van der Waals surface area contributed by atoms with Crippen molar-refractivity contribution in [2.24, 2.45) is 0 Å². The summed E-state index contributed by atoms with van der Waals surface area (Å²) in [7, 11) is 0. The summed E-state index contributed by atoms with van der Waals surface area (Å²) in [6, 6.07) is 10.1. The molecule has 2 aliphatic rings. The zero-order valence-corrected chi connectivity index (χ0v) is 12.2. The van der Waals surface area contributed by atoms with Gasteiger partial charge in [-0.2, -0.15) is 0 Å². The van der Waals surface area contributed by atoms with E-state index in [1.165, 1.54) is 0 Å². The van der Waals surface area contributed by atoms with Crippen LogP contribution in [0.15, 0.2) is 30.3 Å². The second-order valence-electron chi connectivity index (χ2n) is 5.94. The molecule has 0 aliphatic carbocycles. The van der Waals surface area contributed by atoms with Crippen molar-refractivity contribution in [3.8, 4) is 0 Å². The number of hydrogen-bond acceptors (Lipinski definition) is 4. The molecule has 2 saturated heterocycles. The van der Waals surface area contributed by atoms with Gasteiger partial charge in [-0.05, 0) is 26.3 Å². The van der Waals surface area contributed by atoms with Crippen LogP contribution < -0.4 is 0 Å². The zero-order chi connectivity index (χ0) is 14.2. The van der Waals surface area contributed by atoms with Crippen LogP contribution in [0.3, 0.4) is 0 Å². The summed E-state index contributed by atoms with van der Waals surface area (Å²) in [4.78, 5) is 0. The zero-order valence-electron chi connectivity index (χ0n) is 12.2. The summed E-state index contributed by atoms with van der Waals surface area (Å²) < 4.78 is 23.5. The first-order valence-corrected chi connectivity index (χ1v) is 7.20. The van der Waals surface area contributed by atoms with Gasteiger partial charge in [0.25, 0.3) is 0 Å². The van der Waals surface area contributed by atoms with Gasteiger partial charge in [0.1, 0.15) is 6.10 Å². The molecule has 4 atom stereocenters. The number of fused-ring (bicyclic) bond motifs is 1. The van der Waals surface area contributed by atoms with Crippen molar-refractivity contribution in [2.45, 2.75) is 64.2 Å². The first kappa shape index (κ1) is 14.0. The van der Waals surface area contributed by atoms with Gasteiger partial charge < -0.3 is 18.9 Å². The lowest BCUT2D eigenvalue weighted by atomic mass is 10.0. The maximum Gasteiger partial charge on any atom is 0.163 e. The Morgan fingerprint density at radius 3 is 2.70 bits per heavy atom. The first-order valence-electron chi connectivity index (χ1n) is 7.20. The molecule has 0 radical (unpaired) electrons. The summed E-state index contributed by atoms with van der Waals surface area (Å²) in [6.45, 7) is 6.45. The Balaban J connectivity index is 1.57. The molecule has 2 fully saturated rings. The Kier molecular flexibility index (Phi) is 3.82. The van der Waals surface area contributed by atoms with Crippen LogP contribution in [0.4, 0.5) is 0 Å². The summed E-state index contributed by atoms with van der Waals surface area (Å²) in [5.74, 6) is -0.527. The molecular weight excluding hydrogens is 256 g/mol. The van der Waals surface area contributed by atoms with E-state index in [4.69, 9.17) is 18.9 Å². The van der Waals surface area contributed by atoms with Gasteiger partial charge in [-0.3, -0.25) is 0 Å². The fourth-order valence-electron chi connectivity index (χ4n) is 2.88. The Morgan fingerprint density at radius 1 is 1.20 bits per heavy atom. The van der Waals surface area contributed by atoms with Crippen LogP contribution in [0.25, 0.3) is 0 Å². The quantitative estimate of drug-likeness (QED) is 0.852. The standard InChI is InChI=1S/C16H22O4/c1-11-15-13(19-16(2,3)20-15)9-14(18-11)17-10-12-7-5-4-6-8-12/h4-8,11,13-15H,9-10H2,1-3H3/t11-,13-,14-,15+/m0/s1. The van der Waals surface area contributed by atoms with Crippen LogP contribution in [0.1, 0.15) is 32.8 Å². The molecule has 4 heteroatoms. The van der Waals surface area contributed by atoms with Gasteiger partial charge >= 0.3 is 0 Å². The van der Waals surface area contributed by atoms with Crippen molar-refractivity contribution in [3.05, 3.63) is 35.9 Å². The van der Waals surface area contributed by atoms with Crippen molar-refractivity contribution >= 4 is 0 Å². The third-order valence-electron chi connectivity index (χ3n) is 3.75. The minimum atomic E-state index is -0.527. The van der Waals surface area contributed by atoms with Gasteiger partial charge in [0.05, 0.1) is 18.8 Å². The van der Waals surface area contributed by atoms with E-state index in [1.54, 1.807) is 0 Å². The van der Waals surface area contributed by atoms with Crippen molar-refractivity contribution < 1.29 is 18.9 Å². The van der Waals surface area contributed by atoms with Gasteiger partial charge in [-0.15, -0.1) is 0 Å². The van der Waals surface area contributed by atoms with Crippen molar-refractivity contribution in [3.63, 3.8) is 0 Å². The molecule has 4 nitrogen and oxygen atoms in total. The smallest absolute Gasteiger partial charge is 0.163 e. The SMILES string of the molecule is C[C@@H]1O[C@H](OCc2ccccc2)C[C@@H]2OC(C)(C)O[C@H]12. The summed E-state index contributed by atoms with van der Waals surface area (Å²) in [5.41, 5.74) is 1.15. The summed E-state index contributed by atoms with van der Waals surface area (Å²) >= 11 is 0. The first-order chi connectivity index (χ1) is 9.53. The molecule has 3 rings (SSSR count). The van der Waals surface area contributed by atoms with Crippen LogP contribution >= 0.6 is 0 Å². The van der Waals surface area contributed by atoms with E-state index in [0.717, 1.165) is 5.56 Å². The average molecular weight is 278 g/mol. The lowest BCUT2D eigenvalue weighted by molar-refractivity contribution is -0.230. The lowest BCUT2D eigenvalue weighted by Crippen LogP contribution is -2.45.